The zero-order valence-electron chi connectivity index (χ0n) is 63.9. The van der Waals surface area contributed by atoms with Crippen LogP contribution in [-0.2, 0) is 65.4 Å². The first-order valence-corrected chi connectivity index (χ1v) is 41.7. The third-order valence-corrected chi connectivity index (χ3v) is 16.9. The number of hydrogen-bond donors (Lipinski definition) is 3. The molecule has 5 atom stereocenters. The van der Waals surface area contributed by atoms with Crippen LogP contribution in [0.4, 0.5) is 0 Å². The number of unbranched alkanes of at least 4 members (excludes halogenated alkanes) is 12. The summed E-state index contributed by atoms with van der Waals surface area (Å²) in [5, 5.41) is 10.6. The Morgan fingerprint density at radius 2 is 0.519 bits per heavy atom. The molecule has 0 aromatic heterocycles. The molecule has 0 bridgehead atoms. The van der Waals surface area contributed by atoms with Gasteiger partial charge in [-0.1, -0.05) is 261 Å². The highest BCUT2D eigenvalue weighted by Crippen LogP contribution is 2.45. The van der Waals surface area contributed by atoms with Gasteiger partial charge in [-0.05, 0) is 167 Å². The lowest BCUT2D eigenvalue weighted by Gasteiger charge is -2.21. The summed E-state index contributed by atoms with van der Waals surface area (Å²) in [4.78, 5) is 72.9. The summed E-state index contributed by atoms with van der Waals surface area (Å²) < 4.78 is 68.3. The van der Waals surface area contributed by atoms with Crippen LogP contribution in [0.5, 0.6) is 0 Å². The molecule has 0 rings (SSSR count). The van der Waals surface area contributed by atoms with Gasteiger partial charge in [0.1, 0.15) is 19.3 Å². The van der Waals surface area contributed by atoms with Gasteiger partial charge in [-0.15, -0.1) is 0 Å². The maximum absolute atomic E-state index is 13.1. The molecule has 5 unspecified atom stereocenters. The van der Waals surface area contributed by atoms with Crippen LogP contribution >= 0.6 is 15.6 Å². The molecule has 3 N–H and O–H groups in total. The summed E-state index contributed by atoms with van der Waals surface area (Å²) in [5.74, 6) is -2.39. The number of ether oxygens (including phenoxy) is 4. The fourth-order valence-corrected chi connectivity index (χ4v) is 10.8. The van der Waals surface area contributed by atoms with Crippen LogP contribution in [0.2, 0.25) is 0 Å². The summed E-state index contributed by atoms with van der Waals surface area (Å²) in [5.41, 5.74) is 0. The summed E-state index contributed by atoms with van der Waals surface area (Å²) in [6.45, 7) is 4.26. The van der Waals surface area contributed by atoms with Gasteiger partial charge in [0.15, 0.2) is 12.2 Å². The van der Waals surface area contributed by atoms with E-state index in [1.54, 1.807) is 0 Å². The Bertz CT molecular complexity index is 2740. The van der Waals surface area contributed by atoms with Crippen LogP contribution in [0, 0.1) is 0 Å². The van der Waals surface area contributed by atoms with Crippen LogP contribution in [-0.4, -0.2) is 96.7 Å². The van der Waals surface area contributed by atoms with Crippen LogP contribution in [0.25, 0.3) is 0 Å². The van der Waals surface area contributed by atoms with E-state index in [2.05, 4.69) is 204 Å². The van der Waals surface area contributed by atoms with Crippen LogP contribution < -0.4 is 0 Å². The van der Waals surface area contributed by atoms with Crippen LogP contribution in [0.15, 0.2) is 194 Å². The summed E-state index contributed by atoms with van der Waals surface area (Å²) in [6, 6.07) is 0. The third kappa shape index (κ3) is 74.2. The van der Waals surface area contributed by atoms with E-state index in [9.17, 15) is 43.2 Å². The number of hydrogen-bond acceptors (Lipinski definition) is 15. The first-order chi connectivity index (χ1) is 50.7. The highest BCUT2D eigenvalue weighted by atomic mass is 31.2. The summed E-state index contributed by atoms with van der Waals surface area (Å²) in [7, 11) is -10.0. The maximum Gasteiger partial charge on any atom is 0.472 e. The molecule has 0 amide bonds. The molecule has 17 nitrogen and oxygen atoms in total. The second-order valence-corrected chi connectivity index (χ2v) is 27.7. The Balaban J connectivity index is 5.51. The Labute approximate surface area is 627 Å². The van der Waals surface area contributed by atoms with Gasteiger partial charge >= 0.3 is 39.5 Å². The van der Waals surface area contributed by atoms with E-state index in [1.807, 2.05) is 18.2 Å². The van der Waals surface area contributed by atoms with Gasteiger partial charge in [0, 0.05) is 25.7 Å². The molecular formula is C85H134O17P2. The molecule has 0 saturated heterocycles. The zero-order chi connectivity index (χ0) is 76.0. The van der Waals surface area contributed by atoms with Crippen LogP contribution in [0.1, 0.15) is 259 Å². The van der Waals surface area contributed by atoms with E-state index in [1.165, 1.54) is 6.42 Å². The van der Waals surface area contributed by atoms with E-state index in [0.717, 1.165) is 167 Å². The van der Waals surface area contributed by atoms with Crippen molar-refractivity contribution < 1.29 is 80.2 Å². The highest BCUT2D eigenvalue weighted by Gasteiger charge is 2.30. The molecule has 0 radical (unpaired) electrons. The molecule has 104 heavy (non-hydrogen) atoms. The van der Waals surface area contributed by atoms with E-state index >= 15 is 0 Å². The number of aliphatic hydroxyl groups excluding tert-OH is 1. The maximum atomic E-state index is 13.1. The molecule has 0 aromatic carbocycles. The fourth-order valence-electron chi connectivity index (χ4n) is 9.24. The van der Waals surface area contributed by atoms with E-state index in [-0.39, 0.29) is 25.7 Å². The van der Waals surface area contributed by atoms with Crippen molar-refractivity contribution in [2.45, 2.75) is 277 Å². The average molecular weight is 1490 g/mol. The SMILES string of the molecule is CC/C=C\C/C=C\C/C=C\C/C=C\C/C=C\C/C=C\CCC(=O)OCC(COP(=O)(O)OCC(O)COP(=O)(O)OCC(COC(=O)CCCC/C=C\C/C=C\C/C=C\C/C=C\CC)OC(=O)CCCCCCC/C=C\CCCC)OC(=O)CCCCC/C=C\C/C=C\C/C=C\C/C=C\C/C=C\CC. The summed E-state index contributed by atoms with van der Waals surface area (Å²) in [6.07, 6.45) is 91.6. The predicted octanol–water partition coefficient (Wildman–Crippen LogP) is 22.5. The van der Waals surface area contributed by atoms with Crippen molar-refractivity contribution in [2.75, 3.05) is 39.6 Å². The normalized spacial score (nSPS) is 15.0. The first kappa shape index (κ1) is 97.9. The van der Waals surface area contributed by atoms with Gasteiger partial charge < -0.3 is 33.8 Å². The number of rotatable bonds is 70. The Kier molecular flexibility index (Phi) is 70.7. The van der Waals surface area contributed by atoms with Gasteiger partial charge in [0.2, 0.25) is 0 Å². The first-order valence-electron chi connectivity index (χ1n) is 38.7. The quantitative estimate of drug-likeness (QED) is 0.0169. The van der Waals surface area contributed by atoms with Crippen molar-refractivity contribution in [3.63, 3.8) is 0 Å². The van der Waals surface area contributed by atoms with E-state index in [4.69, 9.17) is 37.0 Å². The predicted molar refractivity (Wildman–Crippen MR) is 426 cm³/mol. The molecule has 0 saturated carbocycles. The Hall–Kier alpha value is -6.10. The second-order valence-electron chi connectivity index (χ2n) is 24.8. The number of aliphatic hydroxyl groups is 1. The van der Waals surface area contributed by atoms with Gasteiger partial charge in [0.25, 0.3) is 0 Å². The van der Waals surface area contributed by atoms with Crippen molar-refractivity contribution in [1.82, 2.24) is 0 Å². The molecular weight excluding hydrogens is 1350 g/mol. The van der Waals surface area contributed by atoms with Crippen molar-refractivity contribution >= 4 is 39.5 Å². The smallest absolute Gasteiger partial charge is 0.462 e. The monoisotopic (exact) mass is 1490 g/mol. The lowest BCUT2D eigenvalue weighted by molar-refractivity contribution is -0.161. The van der Waals surface area contributed by atoms with Crippen molar-refractivity contribution in [2.24, 2.45) is 0 Å². The molecule has 0 fully saturated rings. The van der Waals surface area contributed by atoms with Crippen molar-refractivity contribution in [3.05, 3.63) is 194 Å². The lowest BCUT2D eigenvalue weighted by atomic mass is 10.1. The Morgan fingerprint density at radius 3 is 0.865 bits per heavy atom. The zero-order valence-corrected chi connectivity index (χ0v) is 65.6. The van der Waals surface area contributed by atoms with Crippen molar-refractivity contribution in [3.8, 4) is 0 Å². The minimum absolute atomic E-state index is 0.0194. The number of carbonyl (C=O) groups is 4. The Morgan fingerprint density at radius 1 is 0.279 bits per heavy atom. The van der Waals surface area contributed by atoms with Gasteiger partial charge in [-0.3, -0.25) is 37.3 Å². The minimum atomic E-state index is -5.02. The topological polar surface area (TPSA) is 237 Å². The highest BCUT2D eigenvalue weighted by molar-refractivity contribution is 7.47. The molecule has 0 aliphatic rings. The minimum Gasteiger partial charge on any atom is -0.462 e. The number of phosphoric acid groups is 2. The number of phosphoric ester groups is 2. The number of carbonyl (C=O) groups excluding carboxylic acids is 4. The third-order valence-electron chi connectivity index (χ3n) is 15.0. The number of esters is 4. The fraction of sp³-hybridized carbons (Fsp3) is 0.576. The molecule has 0 spiro atoms. The largest absolute Gasteiger partial charge is 0.472 e. The van der Waals surface area contributed by atoms with Gasteiger partial charge in [-0.2, -0.15) is 0 Å². The van der Waals surface area contributed by atoms with E-state index in [0.29, 0.717) is 32.1 Å². The molecule has 586 valence electrons. The van der Waals surface area contributed by atoms with Gasteiger partial charge in [-0.25, -0.2) is 9.13 Å². The van der Waals surface area contributed by atoms with Gasteiger partial charge in [0.05, 0.1) is 26.4 Å². The van der Waals surface area contributed by atoms with Crippen molar-refractivity contribution in [1.29, 1.82) is 0 Å². The molecule has 0 aliphatic carbocycles. The average Bonchev–Trinajstić information content (AvgIpc) is 0.928. The van der Waals surface area contributed by atoms with Crippen LogP contribution in [0.3, 0.4) is 0 Å². The molecule has 0 heterocycles. The second kappa shape index (κ2) is 75.1. The standard InChI is InChI=1S/C85H134O17P2/c1-5-9-13-17-21-25-29-32-35-37-39-41-44-47-51-54-58-62-66-70-83(88)96-76-81(102-85(90)72-68-64-60-56-52-48-45-42-40-38-36-33-30-26-22-18-14-10-6-2)78-100-104(93,94)98-74-79(86)73-97-103(91,92)99-77-80(101-84(89)71-67-63-59-55-49-28-24-20-16-12-8-4)75-95-82(87)69-65-61-57-53-50-46-43-34-31-27-23-19-15-11-7-3/h9-11,13-15,20-27,32-36,39-43,47-48,50-53,58,62,79-81,86H,5-8,12,16-19,28-31,37-38,44-46,49,54-57,59-61,63-78H2,1-4H3,(H,91,92)(H,93,94)/b13-9-,14-10-,15-11-,24-20-,25-21-,26-22-,27-23-,35-32-,36-33-,41-39-,42-40-,43-34-,51-47-,52-48-,53-50-,62-58-. The summed E-state index contributed by atoms with van der Waals surface area (Å²) >= 11 is 0. The molecule has 19 heteroatoms. The number of allylic oxidation sites excluding steroid dienone is 32. The molecule has 0 aliphatic heterocycles. The van der Waals surface area contributed by atoms with E-state index < -0.39 is 97.5 Å². The molecule has 0 aromatic rings. The lowest BCUT2D eigenvalue weighted by Crippen LogP contribution is -2.30.